The van der Waals surface area contributed by atoms with E-state index in [1.165, 1.54) is 24.2 Å². The second kappa shape index (κ2) is 5.40. The average Bonchev–Trinajstić information content (AvgIpc) is 2.37. The quantitative estimate of drug-likeness (QED) is 0.791. The van der Waals surface area contributed by atoms with Gasteiger partial charge in [0.2, 0.25) is 11.8 Å². The molecule has 0 aromatic carbocycles. The number of rotatable bonds is 3. The van der Waals surface area contributed by atoms with Gasteiger partial charge in [-0.2, -0.15) is 0 Å². The molecule has 0 aromatic heterocycles. The zero-order valence-electron chi connectivity index (χ0n) is 12.6. The molecule has 6 heteroatoms. The fourth-order valence-corrected chi connectivity index (χ4v) is 3.67. The van der Waals surface area contributed by atoms with Crippen molar-refractivity contribution in [2.45, 2.75) is 51.5 Å². The summed E-state index contributed by atoms with van der Waals surface area (Å²) >= 11 is 0. The lowest BCUT2D eigenvalue weighted by Crippen LogP contribution is -2.68. The van der Waals surface area contributed by atoms with Crippen LogP contribution >= 0.6 is 0 Å². The predicted octanol–water partition coefficient (Wildman–Crippen LogP) is 1.11. The van der Waals surface area contributed by atoms with Crippen LogP contribution in [0.2, 0.25) is 0 Å². The van der Waals surface area contributed by atoms with Crippen LogP contribution in [-0.4, -0.2) is 53.3 Å². The standard InChI is InChI=1S/C15H23N3O3/c1-11(10-17-8-3-2-4-9-17)18-13(20)15(6-5-7-15)12(19)16-14(18)21/h11H,2-10H2,1H3,(H,16,19,21). The number of hydrogen-bond acceptors (Lipinski definition) is 4. The monoisotopic (exact) mass is 293 g/mol. The van der Waals surface area contributed by atoms with Gasteiger partial charge in [-0.15, -0.1) is 0 Å². The lowest BCUT2D eigenvalue weighted by Gasteiger charge is -2.46. The number of carbonyl (C=O) groups is 3. The Balaban J connectivity index is 1.71. The highest BCUT2D eigenvalue weighted by Crippen LogP contribution is 2.44. The lowest BCUT2D eigenvalue weighted by atomic mass is 9.66. The first-order chi connectivity index (χ1) is 10.0. The Labute approximate surface area is 124 Å². The Morgan fingerprint density at radius 2 is 1.76 bits per heavy atom. The maximum atomic E-state index is 12.7. The van der Waals surface area contributed by atoms with Crippen molar-refractivity contribution in [1.82, 2.24) is 15.1 Å². The number of hydrogen-bond donors (Lipinski definition) is 1. The number of urea groups is 1. The number of nitrogens with zero attached hydrogens (tertiary/aromatic N) is 2. The first kappa shape index (κ1) is 14.5. The fraction of sp³-hybridized carbons (Fsp3) is 0.800. The molecule has 1 unspecified atom stereocenters. The average molecular weight is 293 g/mol. The summed E-state index contributed by atoms with van der Waals surface area (Å²) in [4.78, 5) is 40.3. The minimum Gasteiger partial charge on any atom is -0.301 e. The predicted molar refractivity (Wildman–Crippen MR) is 76.4 cm³/mol. The number of imide groups is 2. The van der Waals surface area contributed by atoms with E-state index in [1.54, 1.807) is 0 Å². The van der Waals surface area contributed by atoms with Crippen molar-refractivity contribution in [2.75, 3.05) is 19.6 Å². The van der Waals surface area contributed by atoms with E-state index in [0.717, 1.165) is 19.5 Å². The largest absolute Gasteiger partial charge is 0.331 e. The van der Waals surface area contributed by atoms with Gasteiger partial charge >= 0.3 is 6.03 Å². The molecule has 0 aromatic rings. The molecule has 6 nitrogen and oxygen atoms in total. The van der Waals surface area contributed by atoms with E-state index in [-0.39, 0.29) is 11.9 Å². The van der Waals surface area contributed by atoms with E-state index in [0.29, 0.717) is 19.4 Å². The second-order valence-corrected chi connectivity index (χ2v) is 6.58. The molecule has 3 aliphatic rings. The van der Waals surface area contributed by atoms with Crippen molar-refractivity contribution in [2.24, 2.45) is 5.41 Å². The third-order valence-electron chi connectivity index (χ3n) is 5.12. The van der Waals surface area contributed by atoms with Gasteiger partial charge in [0.15, 0.2) is 0 Å². The number of barbiturate groups is 1. The van der Waals surface area contributed by atoms with Gasteiger partial charge in [-0.25, -0.2) is 4.79 Å². The summed E-state index contributed by atoms with van der Waals surface area (Å²) in [5.41, 5.74) is -0.954. The highest BCUT2D eigenvalue weighted by atomic mass is 16.2. The van der Waals surface area contributed by atoms with Crippen molar-refractivity contribution in [1.29, 1.82) is 0 Å². The Bertz CT molecular complexity index is 467. The van der Waals surface area contributed by atoms with Gasteiger partial charge in [-0.1, -0.05) is 12.8 Å². The van der Waals surface area contributed by atoms with E-state index in [4.69, 9.17) is 0 Å². The first-order valence-corrected chi connectivity index (χ1v) is 7.96. The Kier molecular flexibility index (Phi) is 3.73. The van der Waals surface area contributed by atoms with Crippen LogP contribution in [0.15, 0.2) is 0 Å². The highest BCUT2D eigenvalue weighted by Gasteiger charge is 2.58. The van der Waals surface area contributed by atoms with Crippen LogP contribution in [0.1, 0.15) is 45.4 Å². The number of amides is 4. The third kappa shape index (κ3) is 2.35. The van der Waals surface area contributed by atoms with Crippen LogP contribution in [0.4, 0.5) is 4.79 Å². The molecular formula is C15H23N3O3. The van der Waals surface area contributed by atoms with Gasteiger partial charge in [-0.05, 0) is 45.7 Å². The minimum absolute atomic E-state index is 0.193. The highest BCUT2D eigenvalue weighted by molar-refractivity contribution is 6.19. The molecular weight excluding hydrogens is 270 g/mol. The number of nitrogens with one attached hydrogen (secondary N) is 1. The van der Waals surface area contributed by atoms with E-state index >= 15 is 0 Å². The molecule has 0 radical (unpaired) electrons. The van der Waals surface area contributed by atoms with Gasteiger partial charge in [0.05, 0.1) is 6.04 Å². The summed E-state index contributed by atoms with van der Waals surface area (Å²) in [5, 5.41) is 2.38. The smallest absolute Gasteiger partial charge is 0.301 e. The van der Waals surface area contributed by atoms with Crippen molar-refractivity contribution < 1.29 is 14.4 Å². The van der Waals surface area contributed by atoms with Crippen LogP contribution < -0.4 is 5.32 Å². The van der Waals surface area contributed by atoms with Crippen LogP contribution in [0.5, 0.6) is 0 Å². The number of carbonyl (C=O) groups excluding carboxylic acids is 3. The third-order valence-corrected chi connectivity index (χ3v) is 5.12. The van der Waals surface area contributed by atoms with Crippen molar-refractivity contribution in [3.05, 3.63) is 0 Å². The van der Waals surface area contributed by atoms with Crippen LogP contribution in [0, 0.1) is 5.41 Å². The normalized spacial score (nSPS) is 27.5. The summed E-state index contributed by atoms with van der Waals surface area (Å²) in [6, 6.07) is -0.742. The molecule has 2 saturated heterocycles. The van der Waals surface area contributed by atoms with Gasteiger partial charge in [0.1, 0.15) is 5.41 Å². The Morgan fingerprint density at radius 1 is 1.10 bits per heavy atom. The molecule has 4 amide bonds. The molecule has 2 aliphatic heterocycles. The second-order valence-electron chi connectivity index (χ2n) is 6.58. The minimum atomic E-state index is -0.954. The summed E-state index contributed by atoms with van der Waals surface area (Å²) in [5.74, 6) is -0.683. The Hall–Kier alpha value is -1.43. The Morgan fingerprint density at radius 3 is 2.33 bits per heavy atom. The number of likely N-dealkylation sites (tertiary alicyclic amines) is 1. The van der Waals surface area contributed by atoms with Crippen LogP contribution in [0.3, 0.4) is 0 Å². The van der Waals surface area contributed by atoms with Gasteiger partial charge in [0, 0.05) is 6.54 Å². The molecule has 3 rings (SSSR count). The maximum Gasteiger partial charge on any atom is 0.331 e. The molecule has 116 valence electrons. The zero-order chi connectivity index (χ0) is 15.0. The van der Waals surface area contributed by atoms with Crippen molar-refractivity contribution in [3.8, 4) is 0 Å². The molecule has 1 atom stereocenters. The van der Waals surface area contributed by atoms with Crippen LogP contribution in [0.25, 0.3) is 0 Å². The zero-order valence-corrected chi connectivity index (χ0v) is 12.6. The lowest BCUT2D eigenvalue weighted by molar-refractivity contribution is -0.159. The maximum absolute atomic E-state index is 12.7. The van der Waals surface area contributed by atoms with Crippen molar-refractivity contribution in [3.63, 3.8) is 0 Å². The van der Waals surface area contributed by atoms with E-state index in [1.807, 2.05) is 6.92 Å². The summed E-state index contributed by atoms with van der Waals surface area (Å²) in [6.45, 7) is 4.65. The molecule has 1 aliphatic carbocycles. The molecule has 21 heavy (non-hydrogen) atoms. The summed E-state index contributed by atoms with van der Waals surface area (Å²) in [6.07, 6.45) is 5.62. The van der Waals surface area contributed by atoms with Gasteiger partial charge in [0.25, 0.3) is 0 Å². The van der Waals surface area contributed by atoms with E-state index in [9.17, 15) is 14.4 Å². The first-order valence-electron chi connectivity index (χ1n) is 7.96. The SMILES string of the molecule is CC(CN1CCCCC1)N1C(=O)NC(=O)C2(CCC2)C1=O. The van der Waals surface area contributed by atoms with E-state index in [2.05, 4.69) is 10.2 Å². The topological polar surface area (TPSA) is 69.7 Å². The summed E-state index contributed by atoms with van der Waals surface area (Å²) in [7, 11) is 0. The number of piperidine rings is 1. The molecule has 1 N–H and O–H groups in total. The van der Waals surface area contributed by atoms with Gasteiger partial charge in [-0.3, -0.25) is 19.8 Å². The van der Waals surface area contributed by atoms with Crippen molar-refractivity contribution >= 4 is 17.8 Å². The summed E-state index contributed by atoms with van der Waals surface area (Å²) < 4.78 is 0. The molecule has 1 saturated carbocycles. The van der Waals surface area contributed by atoms with Gasteiger partial charge < -0.3 is 4.90 Å². The fourth-order valence-electron chi connectivity index (χ4n) is 3.67. The van der Waals surface area contributed by atoms with E-state index < -0.39 is 17.4 Å². The molecule has 3 fully saturated rings. The molecule has 0 bridgehead atoms. The molecule has 1 spiro atoms. The van der Waals surface area contributed by atoms with Crippen LogP contribution in [-0.2, 0) is 9.59 Å². The molecule has 2 heterocycles.